The quantitative estimate of drug-likeness (QED) is 0.288. The van der Waals surface area contributed by atoms with Gasteiger partial charge in [-0.05, 0) is 99.1 Å². The molecule has 1 atom stereocenters. The van der Waals surface area contributed by atoms with Crippen LogP contribution in [0.2, 0.25) is 0 Å². The van der Waals surface area contributed by atoms with Crippen LogP contribution in [0.4, 0.5) is 0 Å². The second kappa shape index (κ2) is 12.5. The normalized spacial score (nSPS) is 19.7. The zero-order valence-electron chi connectivity index (χ0n) is 25.0. The Morgan fingerprint density at radius 1 is 0.907 bits per heavy atom. The number of allylic oxidation sites excluding steroid dienone is 3. The van der Waals surface area contributed by atoms with Crippen LogP contribution in [0, 0.1) is 19.8 Å². The highest BCUT2D eigenvalue weighted by molar-refractivity contribution is 6.31. The van der Waals surface area contributed by atoms with E-state index >= 15 is 0 Å². The average molecular weight is 585 g/mol. The van der Waals surface area contributed by atoms with E-state index in [-0.39, 0.29) is 43.4 Å². The molecule has 0 aliphatic carbocycles. The number of nitrogens with one attached hydrogen (secondary N) is 3. The number of hydrogen-bond acceptors (Lipinski definition) is 4. The van der Waals surface area contributed by atoms with Gasteiger partial charge in [-0.1, -0.05) is 18.7 Å². The molecule has 10 heteroatoms. The molecule has 43 heavy (non-hydrogen) atoms. The summed E-state index contributed by atoms with van der Waals surface area (Å²) in [6.45, 7) is 13.0. The van der Waals surface area contributed by atoms with Crippen molar-refractivity contribution < 1.29 is 29.4 Å². The Morgan fingerprint density at radius 2 is 1.56 bits per heavy atom. The lowest BCUT2D eigenvalue weighted by Crippen LogP contribution is -2.16. The molecule has 1 fully saturated rings. The lowest BCUT2D eigenvalue weighted by Gasteiger charge is -2.03. The Morgan fingerprint density at radius 3 is 2.14 bits per heavy atom. The molecule has 0 radical (unpaired) electrons. The van der Waals surface area contributed by atoms with Crippen LogP contribution >= 0.6 is 0 Å². The fourth-order valence-corrected chi connectivity index (χ4v) is 5.57. The van der Waals surface area contributed by atoms with Crippen LogP contribution in [-0.4, -0.2) is 49.6 Å². The van der Waals surface area contributed by atoms with Gasteiger partial charge in [0.05, 0.1) is 11.6 Å². The number of aromatic amines is 2. The first-order chi connectivity index (χ1) is 20.4. The summed E-state index contributed by atoms with van der Waals surface area (Å²) < 4.78 is 0. The second-order valence-electron chi connectivity index (χ2n) is 10.7. The third kappa shape index (κ3) is 6.28. The molecule has 0 bridgehead atoms. The molecule has 4 rings (SSSR count). The van der Waals surface area contributed by atoms with Crippen LogP contribution in [0.15, 0.2) is 46.1 Å². The van der Waals surface area contributed by atoms with Gasteiger partial charge in [-0.3, -0.25) is 19.2 Å². The maximum atomic E-state index is 12.3. The first kappa shape index (κ1) is 31.0. The lowest BCUT2D eigenvalue weighted by atomic mass is 10.00. The summed E-state index contributed by atoms with van der Waals surface area (Å²) in [6, 6.07) is 0. The van der Waals surface area contributed by atoms with E-state index in [0.717, 1.165) is 33.5 Å². The standard InChI is InChI=1S/C33H36N4O6/c1-7-20-19(6)32(42)37-27(20)14-25-18(5)23(10-12-31(40)41)29(35-25)15-28-22(9-11-30(38)39)17(4)24(34-28)13-26-16(3)21(8-2)33(43)36-26/h7-8,13-15,19,34-35H,2,9-12H2,1,3-6H3,(H,37,42)(H,38,39)(H,40,41)/b20-7+,24-13+,27-14-,28-15-/t19-/m0/s1. The van der Waals surface area contributed by atoms with E-state index in [2.05, 4.69) is 26.9 Å². The Kier molecular flexibility index (Phi) is 8.99. The number of carbonyl (C=O) groups is 4. The van der Waals surface area contributed by atoms with Gasteiger partial charge in [-0.2, -0.15) is 0 Å². The molecule has 4 heterocycles. The van der Waals surface area contributed by atoms with Gasteiger partial charge in [0.15, 0.2) is 0 Å². The first-order valence-corrected chi connectivity index (χ1v) is 14.1. The summed E-state index contributed by atoms with van der Waals surface area (Å²) in [5.74, 6) is -2.59. The van der Waals surface area contributed by atoms with Crippen molar-refractivity contribution in [1.82, 2.24) is 15.3 Å². The summed E-state index contributed by atoms with van der Waals surface area (Å²) in [5, 5.41) is 23.1. The zero-order valence-corrected chi connectivity index (χ0v) is 25.0. The molecule has 0 aromatic carbocycles. The third-order valence-corrected chi connectivity index (χ3v) is 8.12. The van der Waals surface area contributed by atoms with Crippen molar-refractivity contribution in [3.8, 4) is 0 Å². The Bertz CT molecular complexity index is 1810. The van der Waals surface area contributed by atoms with Crippen molar-refractivity contribution in [3.63, 3.8) is 0 Å². The molecule has 2 aromatic rings. The molecule has 0 saturated carbocycles. The van der Waals surface area contributed by atoms with Crippen molar-refractivity contribution in [2.24, 2.45) is 10.9 Å². The Labute approximate surface area is 249 Å². The van der Waals surface area contributed by atoms with Crippen LogP contribution in [0.25, 0.3) is 18.2 Å². The van der Waals surface area contributed by atoms with Gasteiger partial charge < -0.3 is 25.5 Å². The van der Waals surface area contributed by atoms with Crippen molar-refractivity contribution in [2.75, 3.05) is 0 Å². The van der Waals surface area contributed by atoms with E-state index in [0.29, 0.717) is 38.9 Å². The first-order valence-electron chi connectivity index (χ1n) is 14.1. The van der Waals surface area contributed by atoms with E-state index < -0.39 is 11.9 Å². The van der Waals surface area contributed by atoms with Gasteiger partial charge in [0, 0.05) is 46.2 Å². The number of aliphatic carboxylic acids is 2. The van der Waals surface area contributed by atoms with Crippen molar-refractivity contribution in [1.29, 1.82) is 0 Å². The Hall–Kier alpha value is -4.99. The SMILES string of the molecule is C=CC1=C(C)C(/C=c2/[nH]/c(=C\c3[nH]c(/C=C4\NC(=O)[C@@H](C)\C4=C/C)c(C)c3CCC(=O)O)c(CCC(=O)O)c2C)=NC1=O. The molecule has 2 amide bonds. The topological polar surface area (TPSA) is 165 Å². The summed E-state index contributed by atoms with van der Waals surface area (Å²) in [5.41, 5.74) is 7.87. The average Bonchev–Trinajstić information content (AvgIpc) is 3.59. The van der Waals surface area contributed by atoms with E-state index in [1.54, 1.807) is 13.0 Å². The zero-order chi connectivity index (χ0) is 31.6. The maximum Gasteiger partial charge on any atom is 0.303 e. The summed E-state index contributed by atoms with van der Waals surface area (Å²) >= 11 is 0. The van der Waals surface area contributed by atoms with E-state index in [9.17, 15) is 29.4 Å². The van der Waals surface area contributed by atoms with E-state index in [4.69, 9.17) is 0 Å². The van der Waals surface area contributed by atoms with Gasteiger partial charge in [0.1, 0.15) is 0 Å². The fourth-order valence-electron chi connectivity index (χ4n) is 5.57. The number of aliphatic imine (C=N–C) groups is 1. The number of carboxylic acid groups (broad SMARTS) is 2. The summed E-state index contributed by atoms with van der Waals surface area (Å²) in [6.07, 6.45) is 9.23. The highest BCUT2D eigenvalue weighted by Crippen LogP contribution is 2.29. The summed E-state index contributed by atoms with van der Waals surface area (Å²) in [4.78, 5) is 58.6. The minimum Gasteiger partial charge on any atom is -0.481 e. The molecule has 1 saturated heterocycles. The van der Waals surface area contributed by atoms with Gasteiger partial charge >= 0.3 is 11.9 Å². The number of carbonyl (C=O) groups excluding carboxylic acids is 2. The molecule has 0 unspecified atom stereocenters. The van der Waals surface area contributed by atoms with Gasteiger partial charge in [-0.15, -0.1) is 0 Å². The smallest absolute Gasteiger partial charge is 0.303 e. The minimum atomic E-state index is -0.934. The molecule has 5 N–H and O–H groups in total. The molecule has 0 spiro atoms. The highest BCUT2D eigenvalue weighted by Gasteiger charge is 2.29. The molecular weight excluding hydrogens is 548 g/mol. The van der Waals surface area contributed by atoms with Gasteiger partial charge in [-0.25, -0.2) is 4.99 Å². The largest absolute Gasteiger partial charge is 0.481 e. The molecule has 224 valence electrons. The van der Waals surface area contributed by atoms with Crippen molar-refractivity contribution >= 4 is 47.7 Å². The second-order valence-corrected chi connectivity index (χ2v) is 10.7. The number of hydrogen-bond donors (Lipinski definition) is 5. The number of H-pyrrole nitrogens is 2. The van der Waals surface area contributed by atoms with E-state index in [1.807, 2.05) is 45.9 Å². The third-order valence-electron chi connectivity index (χ3n) is 8.12. The number of nitrogens with zero attached hydrogens (tertiary/aromatic N) is 1. The maximum absolute atomic E-state index is 12.3. The predicted molar refractivity (Wildman–Crippen MR) is 165 cm³/mol. The van der Waals surface area contributed by atoms with Gasteiger partial charge in [0.25, 0.3) is 5.91 Å². The van der Waals surface area contributed by atoms with Crippen LogP contribution < -0.4 is 16.0 Å². The number of amides is 2. The molecule has 2 aliphatic rings. The van der Waals surface area contributed by atoms with Crippen molar-refractivity contribution in [2.45, 2.75) is 60.3 Å². The molecular formula is C33H36N4O6. The van der Waals surface area contributed by atoms with Crippen molar-refractivity contribution in [3.05, 3.63) is 85.5 Å². The fraction of sp³-hybridized carbons (Fsp3) is 0.303. The monoisotopic (exact) mass is 584 g/mol. The minimum absolute atomic E-state index is 0.0802. The highest BCUT2D eigenvalue weighted by atomic mass is 16.4. The molecule has 10 nitrogen and oxygen atoms in total. The molecule has 2 aromatic heterocycles. The number of rotatable bonds is 10. The Balaban J connectivity index is 1.91. The molecule has 2 aliphatic heterocycles. The van der Waals surface area contributed by atoms with Crippen LogP contribution in [-0.2, 0) is 32.0 Å². The van der Waals surface area contributed by atoms with Crippen LogP contribution in [0.1, 0.15) is 67.3 Å². The van der Waals surface area contributed by atoms with Crippen LogP contribution in [0.5, 0.6) is 0 Å². The van der Waals surface area contributed by atoms with Gasteiger partial charge in [0.2, 0.25) is 5.91 Å². The lowest BCUT2D eigenvalue weighted by molar-refractivity contribution is -0.138. The number of carboxylic acids is 2. The van der Waals surface area contributed by atoms with Crippen LogP contribution in [0.3, 0.4) is 0 Å². The summed E-state index contributed by atoms with van der Waals surface area (Å²) in [7, 11) is 0. The van der Waals surface area contributed by atoms with E-state index in [1.165, 1.54) is 6.08 Å². The predicted octanol–water partition coefficient (Wildman–Crippen LogP) is 3.14. The number of aromatic nitrogens is 2.